The lowest BCUT2D eigenvalue weighted by Crippen LogP contribution is -2.50. The monoisotopic (exact) mass is 532 g/mol. The number of carbonyl (C=O) groups excluding carboxylic acids is 2. The van der Waals surface area contributed by atoms with Gasteiger partial charge in [-0.2, -0.15) is 0 Å². The van der Waals surface area contributed by atoms with Crippen molar-refractivity contribution in [1.82, 2.24) is 19.8 Å². The molecule has 178 valence electrons. The zero-order valence-electron chi connectivity index (χ0n) is 19.3. The van der Waals surface area contributed by atoms with Crippen LogP contribution < -0.4 is 10.9 Å². The molecule has 2 amide bonds. The van der Waals surface area contributed by atoms with Crippen molar-refractivity contribution >= 4 is 33.8 Å². The molecule has 7 nitrogen and oxygen atoms in total. The van der Waals surface area contributed by atoms with E-state index in [0.29, 0.717) is 29.7 Å². The number of carbonyl (C=O) groups is 2. The summed E-state index contributed by atoms with van der Waals surface area (Å²) in [5.41, 5.74) is 3.47. The van der Waals surface area contributed by atoms with E-state index in [1.807, 2.05) is 41.8 Å². The first kappa shape index (κ1) is 23.2. The third kappa shape index (κ3) is 4.98. The van der Waals surface area contributed by atoms with E-state index >= 15 is 0 Å². The Balaban J connectivity index is 1.44. The summed E-state index contributed by atoms with van der Waals surface area (Å²) in [6, 6.07) is 14.8. The average Bonchev–Trinajstić information content (AvgIpc) is 2.85. The zero-order valence-corrected chi connectivity index (χ0v) is 20.9. The molecule has 0 radical (unpaired) electrons. The minimum absolute atomic E-state index is 0.00632. The fourth-order valence-electron chi connectivity index (χ4n) is 4.94. The average molecular weight is 533 g/mol. The van der Waals surface area contributed by atoms with E-state index in [2.05, 4.69) is 26.2 Å². The van der Waals surface area contributed by atoms with Crippen LogP contribution in [0.15, 0.2) is 75.9 Å². The van der Waals surface area contributed by atoms with Crippen LogP contribution in [0.3, 0.4) is 0 Å². The number of halogens is 1. The van der Waals surface area contributed by atoms with Gasteiger partial charge in [0.15, 0.2) is 0 Å². The van der Waals surface area contributed by atoms with Crippen LogP contribution in [0.5, 0.6) is 0 Å². The number of amides is 2. The molecule has 8 heteroatoms. The molecule has 1 fully saturated rings. The number of piperidine rings is 1. The highest BCUT2D eigenvalue weighted by Gasteiger charge is 2.37. The predicted octanol–water partition coefficient (Wildman–Crippen LogP) is 3.73. The van der Waals surface area contributed by atoms with E-state index in [1.54, 1.807) is 35.4 Å². The number of hydrogen-bond donors (Lipinski definition) is 1. The lowest BCUT2D eigenvalue weighted by atomic mass is 9.83. The standard InChI is InChI=1S/C27H25BrN4O3/c1-17-5-7-18(8-6-17)10-23(30-26(34)20-11-22(28)13-29-12-20)27(35)31-14-19-9-21(16-31)24-3-2-4-25(33)32(24)15-19/h2-8,10-13,19,21H,9,14-16H2,1H3,(H,30,34). The Morgan fingerprint density at radius 1 is 1.09 bits per heavy atom. The highest BCUT2D eigenvalue weighted by Crippen LogP contribution is 2.35. The van der Waals surface area contributed by atoms with Gasteiger partial charge in [-0.15, -0.1) is 0 Å². The lowest BCUT2D eigenvalue weighted by molar-refractivity contribution is -0.130. The van der Waals surface area contributed by atoms with Crippen LogP contribution in [0.1, 0.15) is 39.5 Å². The maximum Gasteiger partial charge on any atom is 0.270 e. The number of fused-ring (bicyclic) bond motifs is 4. The minimum atomic E-state index is -0.403. The first-order valence-electron chi connectivity index (χ1n) is 11.6. The number of likely N-dealkylation sites (tertiary alicyclic amines) is 1. The summed E-state index contributed by atoms with van der Waals surface area (Å²) < 4.78 is 2.52. The summed E-state index contributed by atoms with van der Waals surface area (Å²) in [4.78, 5) is 45.0. The van der Waals surface area contributed by atoms with E-state index < -0.39 is 5.91 Å². The molecule has 1 saturated heterocycles. The van der Waals surface area contributed by atoms with Crippen molar-refractivity contribution in [3.05, 3.63) is 104 Å². The third-order valence-electron chi connectivity index (χ3n) is 6.60. The molecule has 2 unspecified atom stereocenters. The summed E-state index contributed by atoms with van der Waals surface area (Å²) in [5.74, 6) is -0.357. The van der Waals surface area contributed by atoms with Crippen molar-refractivity contribution in [3.63, 3.8) is 0 Å². The number of nitrogens with zero attached hydrogens (tertiary/aromatic N) is 3. The van der Waals surface area contributed by atoms with Gasteiger partial charge in [-0.1, -0.05) is 35.9 Å². The van der Waals surface area contributed by atoms with E-state index in [1.165, 1.54) is 6.20 Å². The third-order valence-corrected chi connectivity index (χ3v) is 7.03. The highest BCUT2D eigenvalue weighted by atomic mass is 79.9. The van der Waals surface area contributed by atoms with Gasteiger partial charge in [0.2, 0.25) is 0 Å². The van der Waals surface area contributed by atoms with Crippen LogP contribution in [-0.4, -0.2) is 39.4 Å². The maximum absolute atomic E-state index is 13.8. The molecule has 2 aliphatic heterocycles. The second-order valence-corrected chi connectivity index (χ2v) is 10.1. The molecule has 0 saturated carbocycles. The predicted molar refractivity (Wildman–Crippen MR) is 137 cm³/mol. The van der Waals surface area contributed by atoms with Gasteiger partial charge in [0.25, 0.3) is 17.4 Å². The maximum atomic E-state index is 13.8. The van der Waals surface area contributed by atoms with E-state index in [9.17, 15) is 14.4 Å². The molecule has 0 spiro atoms. The summed E-state index contributed by atoms with van der Waals surface area (Å²) in [6.07, 6.45) is 5.73. The van der Waals surface area contributed by atoms with Crippen LogP contribution in [0, 0.1) is 12.8 Å². The second kappa shape index (κ2) is 9.62. The molecule has 2 bridgehead atoms. The Morgan fingerprint density at radius 2 is 1.89 bits per heavy atom. The summed E-state index contributed by atoms with van der Waals surface area (Å²) in [6.45, 7) is 3.63. The normalized spacial score (nSPS) is 19.1. The fraction of sp³-hybridized carbons (Fsp3) is 0.259. The van der Waals surface area contributed by atoms with E-state index in [-0.39, 0.29) is 29.0 Å². The Kier molecular flexibility index (Phi) is 6.38. The van der Waals surface area contributed by atoms with Crippen molar-refractivity contribution < 1.29 is 9.59 Å². The first-order chi connectivity index (χ1) is 16.9. The highest BCUT2D eigenvalue weighted by molar-refractivity contribution is 9.10. The molecule has 4 heterocycles. The second-order valence-electron chi connectivity index (χ2n) is 9.22. The number of rotatable bonds is 4. The Labute approximate surface area is 211 Å². The van der Waals surface area contributed by atoms with Gasteiger partial charge >= 0.3 is 0 Å². The van der Waals surface area contributed by atoms with Crippen molar-refractivity contribution in [2.75, 3.05) is 13.1 Å². The van der Waals surface area contributed by atoms with Gasteiger partial charge in [-0.25, -0.2) is 0 Å². The van der Waals surface area contributed by atoms with E-state index in [4.69, 9.17) is 0 Å². The molecule has 2 atom stereocenters. The number of hydrogen-bond acceptors (Lipinski definition) is 4. The number of aryl methyl sites for hydroxylation is 1. The van der Waals surface area contributed by atoms with Gasteiger partial charge in [0.1, 0.15) is 5.70 Å². The van der Waals surface area contributed by atoms with Crippen LogP contribution in [0.25, 0.3) is 6.08 Å². The molecule has 1 N–H and O–H groups in total. The zero-order chi connectivity index (χ0) is 24.5. The van der Waals surface area contributed by atoms with Crippen molar-refractivity contribution in [2.24, 2.45) is 5.92 Å². The van der Waals surface area contributed by atoms with Crippen LogP contribution in [0.4, 0.5) is 0 Å². The SMILES string of the molecule is Cc1ccc(C=C(NC(=O)c2cncc(Br)c2)C(=O)N2CC3CC(C2)c2cccc(=O)n2C3)cc1. The smallest absolute Gasteiger partial charge is 0.270 e. The first-order valence-corrected chi connectivity index (χ1v) is 12.4. The van der Waals surface area contributed by atoms with Crippen LogP contribution >= 0.6 is 15.9 Å². The Morgan fingerprint density at radius 3 is 2.66 bits per heavy atom. The number of nitrogens with one attached hydrogen (secondary N) is 1. The van der Waals surface area contributed by atoms with Gasteiger partial charge in [-0.05, 0) is 59.0 Å². The lowest BCUT2D eigenvalue weighted by Gasteiger charge is -2.43. The molecular weight excluding hydrogens is 508 g/mol. The number of pyridine rings is 2. The minimum Gasteiger partial charge on any atom is -0.336 e. The molecular formula is C27H25BrN4O3. The van der Waals surface area contributed by atoms with Crippen molar-refractivity contribution in [2.45, 2.75) is 25.8 Å². The molecule has 2 aliphatic rings. The Bertz CT molecular complexity index is 1380. The Hall–Kier alpha value is -3.52. The van der Waals surface area contributed by atoms with Gasteiger partial charge in [-0.3, -0.25) is 19.4 Å². The molecule has 3 aromatic rings. The van der Waals surface area contributed by atoms with Crippen molar-refractivity contribution in [3.8, 4) is 0 Å². The largest absolute Gasteiger partial charge is 0.336 e. The van der Waals surface area contributed by atoms with Gasteiger partial charge in [0, 0.05) is 54.2 Å². The van der Waals surface area contributed by atoms with E-state index in [0.717, 1.165) is 23.2 Å². The van der Waals surface area contributed by atoms with Crippen LogP contribution in [0.2, 0.25) is 0 Å². The summed E-state index contributed by atoms with van der Waals surface area (Å²) in [7, 11) is 0. The summed E-state index contributed by atoms with van der Waals surface area (Å²) >= 11 is 3.34. The number of benzene rings is 1. The molecule has 2 aromatic heterocycles. The molecule has 35 heavy (non-hydrogen) atoms. The fourth-order valence-corrected chi connectivity index (χ4v) is 5.31. The molecule has 5 rings (SSSR count). The topological polar surface area (TPSA) is 84.3 Å². The summed E-state index contributed by atoms with van der Waals surface area (Å²) in [5, 5.41) is 2.83. The molecule has 1 aromatic carbocycles. The van der Waals surface area contributed by atoms with Crippen LogP contribution in [-0.2, 0) is 11.3 Å². The van der Waals surface area contributed by atoms with Crippen molar-refractivity contribution in [1.29, 1.82) is 0 Å². The number of aromatic nitrogens is 2. The quantitative estimate of drug-likeness (QED) is 0.519. The van der Waals surface area contributed by atoms with Gasteiger partial charge in [0.05, 0.1) is 5.56 Å². The molecule has 0 aliphatic carbocycles. The van der Waals surface area contributed by atoms with Gasteiger partial charge < -0.3 is 14.8 Å².